The Kier molecular flexibility index (Phi) is 7.85. The van der Waals surface area contributed by atoms with Crippen molar-refractivity contribution in [3.8, 4) is 11.5 Å². The molecular formula is C29H37N5O5. The van der Waals surface area contributed by atoms with Gasteiger partial charge < -0.3 is 29.7 Å². The Morgan fingerprint density at radius 3 is 2.26 bits per heavy atom. The summed E-state index contributed by atoms with van der Waals surface area (Å²) in [4.78, 5) is 37.9. The van der Waals surface area contributed by atoms with E-state index in [1.54, 1.807) is 45.1 Å². The molecule has 10 nitrogen and oxygen atoms in total. The maximum absolute atomic E-state index is 13.2. The van der Waals surface area contributed by atoms with Gasteiger partial charge in [0.1, 0.15) is 5.82 Å². The first kappa shape index (κ1) is 27.9. The fraction of sp³-hybridized carbons (Fsp3) is 0.448. The summed E-state index contributed by atoms with van der Waals surface area (Å²) in [5.41, 5.74) is 6.73. The number of methoxy groups -OCH3 is 2. The van der Waals surface area contributed by atoms with Crippen molar-refractivity contribution in [2.45, 2.75) is 44.6 Å². The first-order chi connectivity index (χ1) is 18.5. The van der Waals surface area contributed by atoms with Crippen molar-refractivity contribution in [3.63, 3.8) is 0 Å². The van der Waals surface area contributed by atoms with Gasteiger partial charge in [0.05, 0.1) is 19.7 Å². The molecule has 2 N–H and O–H groups in total. The van der Waals surface area contributed by atoms with Crippen LogP contribution in [0.1, 0.15) is 39.2 Å². The SMILES string of the molecule is COc1cc2nc(N(C)CC3(c4ccccc4)CCN(C(=O)C(C)(C)OC(C)=O)CC3)nc(N)c2cc1OC. The summed E-state index contributed by atoms with van der Waals surface area (Å²) in [5.74, 6) is 1.30. The quantitative estimate of drug-likeness (QED) is 0.432. The molecule has 0 bridgehead atoms. The number of aromatic nitrogens is 2. The van der Waals surface area contributed by atoms with Crippen LogP contribution in [-0.4, -0.2) is 73.2 Å². The van der Waals surface area contributed by atoms with Gasteiger partial charge in [0.25, 0.3) is 5.91 Å². The van der Waals surface area contributed by atoms with Gasteiger partial charge >= 0.3 is 5.97 Å². The van der Waals surface area contributed by atoms with Crippen LogP contribution in [0.2, 0.25) is 0 Å². The van der Waals surface area contributed by atoms with E-state index in [2.05, 4.69) is 17.1 Å². The molecule has 1 fully saturated rings. The zero-order valence-corrected chi connectivity index (χ0v) is 23.5. The van der Waals surface area contributed by atoms with E-state index in [9.17, 15) is 9.59 Å². The number of nitrogens with zero attached hydrogens (tertiary/aromatic N) is 4. The molecule has 1 amide bonds. The van der Waals surface area contributed by atoms with Crippen molar-refractivity contribution in [1.82, 2.24) is 14.9 Å². The summed E-state index contributed by atoms with van der Waals surface area (Å²) >= 11 is 0. The Bertz CT molecular complexity index is 1350. The highest BCUT2D eigenvalue weighted by Gasteiger charge is 2.42. The van der Waals surface area contributed by atoms with Gasteiger partial charge in [0, 0.05) is 50.5 Å². The third-order valence-corrected chi connectivity index (χ3v) is 7.41. The molecule has 1 aliphatic heterocycles. The largest absolute Gasteiger partial charge is 0.493 e. The van der Waals surface area contributed by atoms with Gasteiger partial charge in [-0.3, -0.25) is 9.59 Å². The predicted octanol–water partition coefficient (Wildman–Crippen LogP) is 3.57. The number of hydrogen-bond donors (Lipinski definition) is 1. The fourth-order valence-corrected chi connectivity index (χ4v) is 5.41. The highest BCUT2D eigenvalue weighted by Crippen LogP contribution is 2.39. The molecule has 0 unspecified atom stereocenters. The van der Waals surface area contributed by atoms with Crippen molar-refractivity contribution in [3.05, 3.63) is 48.0 Å². The average Bonchev–Trinajstić information content (AvgIpc) is 2.92. The lowest BCUT2D eigenvalue weighted by atomic mass is 9.72. The van der Waals surface area contributed by atoms with Gasteiger partial charge in [-0.1, -0.05) is 30.3 Å². The molecule has 2 aromatic carbocycles. The van der Waals surface area contributed by atoms with Gasteiger partial charge in [-0.2, -0.15) is 4.98 Å². The zero-order valence-electron chi connectivity index (χ0n) is 23.5. The molecule has 3 aromatic rings. The molecule has 0 saturated carbocycles. The molecule has 10 heteroatoms. The van der Waals surface area contributed by atoms with E-state index in [0.717, 1.165) is 12.8 Å². The smallest absolute Gasteiger partial charge is 0.303 e. The number of nitrogen functional groups attached to an aromatic ring is 1. The number of carbonyl (C=O) groups excluding carboxylic acids is 2. The van der Waals surface area contributed by atoms with E-state index in [4.69, 9.17) is 24.9 Å². The van der Waals surface area contributed by atoms with Gasteiger partial charge in [-0.05, 0) is 38.3 Å². The standard InChI is InChI=1S/C29H37N5O5/c1-19(35)39-28(2,3)26(36)34-14-12-29(13-15-34,20-10-8-7-9-11-20)18-33(4)27-31-22-17-24(38-6)23(37-5)16-21(22)25(30)32-27/h7-11,16-17H,12-15,18H2,1-6H3,(H2,30,31,32). The lowest BCUT2D eigenvalue weighted by Crippen LogP contribution is -2.54. The van der Waals surface area contributed by atoms with Crippen LogP contribution in [0.15, 0.2) is 42.5 Å². The molecule has 1 saturated heterocycles. The lowest BCUT2D eigenvalue weighted by molar-refractivity contribution is -0.169. The Morgan fingerprint density at radius 2 is 1.67 bits per heavy atom. The van der Waals surface area contributed by atoms with Crippen molar-refractivity contribution >= 4 is 34.5 Å². The number of amides is 1. The molecule has 0 atom stereocenters. The van der Waals surface area contributed by atoms with Crippen LogP contribution in [0, 0.1) is 0 Å². The third kappa shape index (κ3) is 5.69. The van der Waals surface area contributed by atoms with Gasteiger partial charge in [-0.25, -0.2) is 4.98 Å². The highest BCUT2D eigenvalue weighted by atomic mass is 16.6. The lowest BCUT2D eigenvalue weighted by Gasteiger charge is -2.45. The second-order valence-corrected chi connectivity index (χ2v) is 10.5. The van der Waals surface area contributed by atoms with Gasteiger partial charge in [-0.15, -0.1) is 0 Å². The fourth-order valence-electron chi connectivity index (χ4n) is 5.41. The second kappa shape index (κ2) is 11.0. The van der Waals surface area contributed by atoms with Crippen molar-refractivity contribution in [2.24, 2.45) is 0 Å². The number of likely N-dealkylation sites (tertiary alicyclic amines) is 1. The van der Waals surface area contributed by atoms with E-state index in [1.165, 1.54) is 12.5 Å². The van der Waals surface area contributed by atoms with Crippen LogP contribution < -0.4 is 20.1 Å². The number of rotatable bonds is 8. The van der Waals surface area contributed by atoms with E-state index in [1.807, 2.05) is 30.1 Å². The Balaban J connectivity index is 1.62. The minimum absolute atomic E-state index is 0.192. The molecule has 2 heterocycles. The molecule has 208 valence electrons. The van der Waals surface area contributed by atoms with Crippen LogP contribution in [-0.2, 0) is 19.7 Å². The molecule has 0 spiro atoms. The van der Waals surface area contributed by atoms with Crippen LogP contribution in [0.4, 0.5) is 11.8 Å². The number of ether oxygens (including phenoxy) is 3. The van der Waals surface area contributed by atoms with Crippen molar-refractivity contribution in [2.75, 3.05) is 51.5 Å². The summed E-state index contributed by atoms with van der Waals surface area (Å²) in [6.45, 7) is 6.26. The number of carbonyl (C=O) groups is 2. The van der Waals surface area contributed by atoms with E-state index < -0.39 is 11.6 Å². The predicted molar refractivity (Wildman–Crippen MR) is 150 cm³/mol. The molecule has 0 aliphatic carbocycles. The molecule has 4 rings (SSSR count). The minimum Gasteiger partial charge on any atom is -0.493 e. The first-order valence-corrected chi connectivity index (χ1v) is 12.9. The average molecular weight is 536 g/mol. The Morgan fingerprint density at radius 1 is 1.05 bits per heavy atom. The van der Waals surface area contributed by atoms with Gasteiger partial charge in [0.15, 0.2) is 17.1 Å². The number of anilines is 2. The number of piperidine rings is 1. The van der Waals surface area contributed by atoms with Crippen LogP contribution in [0.3, 0.4) is 0 Å². The van der Waals surface area contributed by atoms with E-state index >= 15 is 0 Å². The van der Waals surface area contributed by atoms with E-state index in [0.29, 0.717) is 53.8 Å². The molecule has 1 aromatic heterocycles. The Hall–Kier alpha value is -4.08. The maximum Gasteiger partial charge on any atom is 0.303 e. The van der Waals surface area contributed by atoms with Crippen molar-refractivity contribution < 1.29 is 23.8 Å². The van der Waals surface area contributed by atoms with E-state index in [-0.39, 0.29) is 11.3 Å². The topological polar surface area (TPSA) is 120 Å². The maximum atomic E-state index is 13.2. The van der Waals surface area contributed by atoms with Crippen LogP contribution >= 0.6 is 0 Å². The summed E-state index contributed by atoms with van der Waals surface area (Å²) < 4.78 is 16.2. The molecule has 0 radical (unpaired) electrons. The monoisotopic (exact) mass is 535 g/mol. The molecule has 1 aliphatic rings. The zero-order chi connectivity index (χ0) is 28.4. The van der Waals surface area contributed by atoms with Crippen LogP contribution in [0.25, 0.3) is 10.9 Å². The Labute approximate surface area is 229 Å². The number of benzene rings is 2. The number of nitrogens with two attached hydrogens (primary N) is 1. The molecular weight excluding hydrogens is 498 g/mol. The number of likely N-dealkylation sites (N-methyl/N-ethyl adjacent to an activating group) is 1. The minimum atomic E-state index is -1.21. The highest BCUT2D eigenvalue weighted by molar-refractivity contribution is 5.91. The second-order valence-electron chi connectivity index (χ2n) is 10.5. The summed E-state index contributed by atoms with van der Waals surface area (Å²) in [6.07, 6.45) is 1.44. The molecule has 39 heavy (non-hydrogen) atoms. The number of esters is 1. The number of hydrogen-bond acceptors (Lipinski definition) is 9. The number of fused-ring (bicyclic) bond motifs is 1. The van der Waals surface area contributed by atoms with Crippen LogP contribution in [0.5, 0.6) is 11.5 Å². The first-order valence-electron chi connectivity index (χ1n) is 12.9. The summed E-state index contributed by atoms with van der Waals surface area (Å²) in [7, 11) is 5.10. The summed E-state index contributed by atoms with van der Waals surface area (Å²) in [6, 6.07) is 13.9. The summed E-state index contributed by atoms with van der Waals surface area (Å²) in [5, 5.41) is 0.685. The normalized spacial score (nSPS) is 15.1. The third-order valence-electron chi connectivity index (χ3n) is 7.41. The van der Waals surface area contributed by atoms with Gasteiger partial charge in [0.2, 0.25) is 5.95 Å². The van der Waals surface area contributed by atoms with Crippen molar-refractivity contribution in [1.29, 1.82) is 0 Å².